The molecule has 0 amide bonds. The van der Waals surface area contributed by atoms with E-state index in [0.717, 1.165) is 18.9 Å². The van der Waals surface area contributed by atoms with Gasteiger partial charge < -0.3 is 14.7 Å². The normalized spacial score (nSPS) is 14.5. The molecule has 1 aromatic carbocycles. The van der Waals surface area contributed by atoms with Crippen LogP contribution in [-0.2, 0) is 13.0 Å². The van der Waals surface area contributed by atoms with Crippen LogP contribution in [0.15, 0.2) is 33.8 Å². The molecule has 20 heavy (non-hydrogen) atoms. The zero-order valence-corrected chi connectivity index (χ0v) is 11.6. The van der Waals surface area contributed by atoms with Gasteiger partial charge in [0, 0.05) is 26.2 Å². The molecular formula is C14H17N5O. The number of hydrogen-bond acceptors (Lipinski definition) is 4. The number of aromatic nitrogens is 2. The average molecular weight is 271 g/mol. The quantitative estimate of drug-likeness (QED) is 0.662. The Morgan fingerprint density at radius 3 is 3.05 bits per heavy atom. The van der Waals surface area contributed by atoms with E-state index in [-0.39, 0.29) is 0 Å². The predicted molar refractivity (Wildman–Crippen MR) is 76.7 cm³/mol. The maximum Gasteiger partial charge on any atom is 0.223 e. The van der Waals surface area contributed by atoms with Gasteiger partial charge in [-0.1, -0.05) is 23.4 Å². The van der Waals surface area contributed by atoms with Gasteiger partial charge in [-0.25, -0.2) is 0 Å². The second-order valence-electron chi connectivity index (χ2n) is 4.66. The van der Waals surface area contributed by atoms with Crippen LogP contribution in [0.2, 0.25) is 0 Å². The van der Waals surface area contributed by atoms with E-state index in [1.165, 1.54) is 11.3 Å². The third-order valence-corrected chi connectivity index (χ3v) is 3.33. The molecule has 1 aromatic heterocycles. The molecule has 0 atom stereocenters. The summed E-state index contributed by atoms with van der Waals surface area (Å²) in [4.78, 5) is 10.7. The number of hydrogen-bond donors (Lipinski definition) is 1. The number of benzene rings is 1. The molecule has 1 N–H and O–H groups in total. The van der Waals surface area contributed by atoms with Gasteiger partial charge in [0.05, 0.1) is 6.54 Å². The maximum absolute atomic E-state index is 4.96. The molecule has 0 spiro atoms. The van der Waals surface area contributed by atoms with Crippen molar-refractivity contribution in [3.8, 4) is 0 Å². The first-order valence-corrected chi connectivity index (χ1v) is 6.63. The summed E-state index contributed by atoms with van der Waals surface area (Å²) >= 11 is 0. The van der Waals surface area contributed by atoms with Crippen molar-refractivity contribution >= 4 is 11.6 Å². The summed E-state index contributed by atoms with van der Waals surface area (Å²) < 4.78 is 4.96. The minimum absolute atomic E-state index is 0.503. The third-order valence-electron chi connectivity index (χ3n) is 3.33. The molecule has 2 aromatic rings. The first-order chi connectivity index (χ1) is 9.78. The number of nitrogens with one attached hydrogen (secondary N) is 1. The number of guanidine groups is 1. The molecule has 1 aliphatic heterocycles. The van der Waals surface area contributed by atoms with E-state index in [1.807, 2.05) is 6.07 Å². The Kier molecular flexibility index (Phi) is 3.37. The van der Waals surface area contributed by atoms with Crippen LogP contribution in [0.25, 0.3) is 0 Å². The Morgan fingerprint density at radius 2 is 2.30 bits per heavy atom. The molecule has 0 aliphatic carbocycles. The van der Waals surface area contributed by atoms with E-state index in [2.05, 4.69) is 43.5 Å². The SMILES string of the molecule is CN=C(NCc1noc(C)n1)N1CCc2ccccc21. The molecule has 0 saturated carbocycles. The van der Waals surface area contributed by atoms with Gasteiger partial charge in [-0.2, -0.15) is 4.98 Å². The van der Waals surface area contributed by atoms with Crippen LogP contribution in [0.4, 0.5) is 5.69 Å². The minimum atomic E-state index is 0.503. The van der Waals surface area contributed by atoms with Gasteiger partial charge >= 0.3 is 0 Å². The van der Waals surface area contributed by atoms with E-state index in [0.29, 0.717) is 18.3 Å². The maximum atomic E-state index is 4.96. The lowest BCUT2D eigenvalue weighted by atomic mass is 10.2. The smallest absolute Gasteiger partial charge is 0.223 e. The average Bonchev–Trinajstić information content (AvgIpc) is 3.07. The zero-order chi connectivity index (χ0) is 13.9. The second kappa shape index (κ2) is 5.32. The third kappa shape index (κ3) is 2.36. The van der Waals surface area contributed by atoms with Crippen LogP contribution in [0.1, 0.15) is 17.3 Å². The lowest BCUT2D eigenvalue weighted by Crippen LogP contribution is -2.40. The molecule has 1 aliphatic rings. The zero-order valence-electron chi connectivity index (χ0n) is 11.6. The van der Waals surface area contributed by atoms with E-state index in [1.54, 1.807) is 14.0 Å². The number of para-hydroxylation sites is 1. The van der Waals surface area contributed by atoms with Crippen LogP contribution in [-0.4, -0.2) is 29.7 Å². The number of anilines is 1. The highest BCUT2D eigenvalue weighted by Crippen LogP contribution is 2.27. The first-order valence-electron chi connectivity index (χ1n) is 6.63. The molecule has 3 rings (SSSR count). The standard InChI is InChI=1S/C14H17N5O/c1-10-17-13(18-20-10)9-16-14(15-2)19-8-7-11-5-3-4-6-12(11)19/h3-6H,7-9H2,1-2H3,(H,15,16). The molecule has 2 heterocycles. The summed E-state index contributed by atoms with van der Waals surface area (Å²) in [5.41, 5.74) is 2.57. The Balaban J connectivity index is 1.72. The second-order valence-corrected chi connectivity index (χ2v) is 4.66. The summed E-state index contributed by atoms with van der Waals surface area (Å²) in [6.45, 7) is 3.22. The summed E-state index contributed by atoms with van der Waals surface area (Å²) in [6.07, 6.45) is 1.04. The van der Waals surface area contributed by atoms with E-state index >= 15 is 0 Å². The van der Waals surface area contributed by atoms with Crippen LogP contribution in [0.3, 0.4) is 0 Å². The highest BCUT2D eigenvalue weighted by molar-refractivity contribution is 5.97. The van der Waals surface area contributed by atoms with Crippen LogP contribution >= 0.6 is 0 Å². The van der Waals surface area contributed by atoms with Gasteiger partial charge in [-0.15, -0.1) is 0 Å². The highest BCUT2D eigenvalue weighted by Gasteiger charge is 2.22. The number of nitrogens with zero attached hydrogens (tertiary/aromatic N) is 4. The highest BCUT2D eigenvalue weighted by atomic mass is 16.5. The summed E-state index contributed by atoms with van der Waals surface area (Å²) in [6, 6.07) is 8.40. The van der Waals surface area contributed by atoms with Crippen LogP contribution in [0, 0.1) is 6.92 Å². The summed E-state index contributed by atoms with van der Waals surface area (Å²) in [5.74, 6) is 2.04. The molecule has 104 valence electrons. The van der Waals surface area contributed by atoms with Crippen molar-refractivity contribution < 1.29 is 4.52 Å². The summed E-state index contributed by atoms with van der Waals surface area (Å²) in [5, 5.41) is 7.14. The van der Waals surface area contributed by atoms with Gasteiger partial charge in [-0.05, 0) is 18.1 Å². The van der Waals surface area contributed by atoms with Crippen molar-refractivity contribution in [2.45, 2.75) is 19.9 Å². The van der Waals surface area contributed by atoms with Crippen molar-refractivity contribution in [3.05, 3.63) is 41.5 Å². The Bertz CT molecular complexity index is 634. The molecule has 6 nitrogen and oxygen atoms in total. The van der Waals surface area contributed by atoms with Gasteiger partial charge in [0.2, 0.25) is 5.89 Å². The van der Waals surface area contributed by atoms with Crippen LogP contribution in [0.5, 0.6) is 0 Å². The minimum Gasteiger partial charge on any atom is -0.349 e. The number of aryl methyl sites for hydroxylation is 1. The molecule has 0 radical (unpaired) electrons. The molecule has 0 unspecified atom stereocenters. The Labute approximate surface area is 117 Å². The van der Waals surface area contributed by atoms with Crippen molar-refractivity contribution in [1.29, 1.82) is 0 Å². The fraction of sp³-hybridized carbons (Fsp3) is 0.357. The van der Waals surface area contributed by atoms with E-state index in [4.69, 9.17) is 4.52 Å². The molecule has 0 saturated heterocycles. The molecule has 6 heteroatoms. The molecule has 0 fully saturated rings. The number of fused-ring (bicyclic) bond motifs is 1. The fourth-order valence-electron chi connectivity index (χ4n) is 2.42. The van der Waals surface area contributed by atoms with Gasteiger partial charge in [0.1, 0.15) is 0 Å². The van der Waals surface area contributed by atoms with Gasteiger partial charge in [0.15, 0.2) is 11.8 Å². The van der Waals surface area contributed by atoms with Gasteiger partial charge in [-0.3, -0.25) is 4.99 Å². The van der Waals surface area contributed by atoms with Crippen molar-refractivity contribution in [2.24, 2.45) is 4.99 Å². The van der Waals surface area contributed by atoms with Crippen molar-refractivity contribution in [3.63, 3.8) is 0 Å². The fourth-order valence-corrected chi connectivity index (χ4v) is 2.42. The van der Waals surface area contributed by atoms with Crippen LogP contribution < -0.4 is 10.2 Å². The molecule has 0 bridgehead atoms. The van der Waals surface area contributed by atoms with E-state index in [9.17, 15) is 0 Å². The van der Waals surface area contributed by atoms with E-state index < -0.39 is 0 Å². The number of aliphatic imine (C=N–C) groups is 1. The topological polar surface area (TPSA) is 66.5 Å². The van der Waals surface area contributed by atoms with Crippen molar-refractivity contribution in [1.82, 2.24) is 15.5 Å². The van der Waals surface area contributed by atoms with Gasteiger partial charge in [0.25, 0.3) is 0 Å². The molecular weight excluding hydrogens is 254 g/mol. The largest absolute Gasteiger partial charge is 0.349 e. The summed E-state index contributed by atoms with van der Waals surface area (Å²) in [7, 11) is 1.78. The number of rotatable bonds is 2. The van der Waals surface area contributed by atoms with Crippen molar-refractivity contribution in [2.75, 3.05) is 18.5 Å². The lowest BCUT2D eigenvalue weighted by molar-refractivity contribution is 0.387. The predicted octanol–water partition coefficient (Wildman–Crippen LogP) is 1.52. The lowest BCUT2D eigenvalue weighted by Gasteiger charge is -2.21. The Hall–Kier alpha value is -2.37. The monoisotopic (exact) mass is 271 g/mol. The Morgan fingerprint density at radius 1 is 1.45 bits per heavy atom. The first kappa shape index (κ1) is 12.7.